The fraction of sp³-hybridized carbons (Fsp3) is 0.412. The minimum atomic E-state index is 0.530. The van der Waals surface area contributed by atoms with Gasteiger partial charge in [-0.15, -0.1) is 0 Å². The zero-order valence-corrected chi connectivity index (χ0v) is 12.6. The van der Waals surface area contributed by atoms with Crippen LogP contribution in [0.15, 0.2) is 39.8 Å². The zero-order valence-electron chi connectivity index (χ0n) is 12.6. The molecule has 102 valence electrons. The van der Waals surface area contributed by atoms with E-state index in [2.05, 4.69) is 62.0 Å². The van der Waals surface area contributed by atoms with E-state index in [4.69, 9.17) is 0 Å². The first-order valence-corrected chi connectivity index (χ1v) is 6.75. The summed E-state index contributed by atoms with van der Waals surface area (Å²) < 4.78 is 0. The molecular formula is C17H24N2. The lowest BCUT2D eigenvalue weighted by molar-refractivity contribution is 0.825. The first kappa shape index (κ1) is 15.4. The zero-order chi connectivity index (χ0) is 14.3. The topological polar surface area (TPSA) is 24.7 Å². The lowest BCUT2D eigenvalue weighted by Gasteiger charge is -2.02. The second-order valence-corrected chi connectivity index (χ2v) is 5.18. The van der Waals surface area contributed by atoms with E-state index in [9.17, 15) is 0 Å². The summed E-state index contributed by atoms with van der Waals surface area (Å²) in [5.41, 5.74) is 4.75. The van der Waals surface area contributed by atoms with E-state index >= 15 is 0 Å². The summed E-state index contributed by atoms with van der Waals surface area (Å²) in [6.07, 6.45) is 6.92. The van der Waals surface area contributed by atoms with Crippen LogP contribution in [0.5, 0.6) is 0 Å². The number of nitrogens with zero attached hydrogens (tertiary/aromatic N) is 2. The number of hydrogen-bond donors (Lipinski definition) is 0. The molecule has 19 heavy (non-hydrogen) atoms. The fourth-order valence-electron chi connectivity index (χ4n) is 1.96. The molecule has 0 N–H and O–H groups in total. The van der Waals surface area contributed by atoms with E-state index in [0.29, 0.717) is 5.92 Å². The second kappa shape index (κ2) is 7.67. The minimum Gasteiger partial charge on any atom is -0.296 e. The lowest BCUT2D eigenvalue weighted by Crippen LogP contribution is -1.91. The Morgan fingerprint density at radius 2 is 2.00 bits per heavy atom. The molecule has 2 nitrogen and oxygen atoms in total. The van der Waals surface area contributed by atoms with Gasteiger partial charge in [-0.2, -0.15) is 0 Å². The third kappa shape index (κ3) is 5.64. The van der Waals surface area contributed by atoms with Gasteiger partial charge in [0.05, 0.1) is 5.69 Å². The fourth-order valence-corrected chi connectivity index (χ4v) is 1.96. The number of hydrogen-bond acceptors (Lipinski definition) is 2. The second-order valence-electron chi connectivity index (χ2n) is 5.18. The van der Waals surface area contributed by atoms with Gasteiger partial charge in [-0.05, 0) is 37.0 Å². The van der Waals surface area contributed by atoms with Gasteiger partial charge in [-0.3, -0.25) is 9.98 Å². The summed E-state index contributed by atoms with van der Waals surface area (Å²) in [5, 5.41) is 0. The average molecular weight is 256 g/mol. The van der Waals surface area contributed by atoms with Gasteiger partial charge in [-0.25, -0.2) is 0 Å². The molecule has 0 aliphatic rings. The number of benzene rings is 1. The molecule has 0 saturated carbocycles. The molecule has 0 unspecified atom stereocenters. The molecule has 2 heteroatoms. The van der Waals surface area contributed by atoms with Crippen LogP contribution in [-0.2, 0) is 0 Å². The van der Waals surface area contributed by atoms with Crippen molar-refractivity contribution in [1.29, 1.82) is 0 Å². The predicted molar refractivity (Wildman–Crippen MR) is 86.0 cm³/mol. The van der Waals surface area contributed by atoms with Crippen LogP contribution in [0.4, 0.5) is 5.69 Å². The van der Waals surface area contributed by atoms with Crippen molar-refractivity contribution in [2.24, 2.45) is 15.9 Å². The lowest BCUT2D eigenvalue weighted by atomic mass is 10.1. The Morgan fingerprint density at radius 1 is 1.26 bits per heavy atom. The smallest absolute Gasteiger partial charge is 0.0655 e. The predicted octanol–water partition coefficient (Wildman–Crippen LogP) is 4.68. The summed E-state index contributed by atoms with van der Waals surface area (Å²) in [7, 11) is 1.80. The normalized spacial score (nSPS) is 13.1. The molecule has 0 saturated heterocycles. The monoisotopic (exact) mass is 256 g/mol. The van der Waals surface area contributed by atoms with Crippen molar-refractivity contribution in [3.8, 4) is 0 Å². The molecule has 0 aliphatic heterocycles. The van der Waals surface area contributed by atoms with Crippen LogP contribution in [0.3, 0.4) is 0 Å². The quantitative estimate of drug-likeness (QED) is 0.683. The molecule has 1 aromatic rings. The highest BCUT2D eigenvalue weighted by atomic mass is 14.7. The minimum absolute atomic E-state index is 0.530. The highest BCUT2D eigenvalue weighted by Crippen LogP contribution is 2.19. The van der Waals surface area contributed by atoms with Gasteiger partial charge in [0.2, 0.25) is 0 Å². The molecule has 0 amide bonds. The Bertz CT molecular complexity index is 494. The molecule has 0 bridgehead atoms. The largest absolute Gasteiger partial charge is 0.296 e. The van der Waals surface area contributed by atoms with Crippen LogP contribution in [0.1, 0.15) is 31.4 Å². The van der Waals surface area contributed by atoms with E-state index < -0.39 is 0 Å². The third-order valence-corrected chi connectivity index (χ3v) is 2.75. The Kier molecular flexibility index (Phi) is 6.20. The SMILES string of the molecule is C/N=C\C(=C/C(C)C)C/C=N\c1ccc(C)cc1C. The van der Waals surface area contributed by atoms with Gasteiger partial charge in [0.15, 0.2) is 0 Å². The van der Waals surface area contributed by atoms with Crippen LogP contribution < -0.4 is 0 Å². The number of allylic oxidation sites excluding steroid dienone is 2. The summed E-state index contributed by atoms with van der Waals surface area (Å²) in [6, 6.07) is 6.32. The van der Waals surface area contributed by atoms with Crippen molar-refractivity contribution in [2.75, 3.05) is 7.05 Å². The van der Waals surface area contributed by atoms with Crippen molar-refractivity contribution in [3.05, 3.63) is 41.0 Å². The maximum atomic E-state index is 4.55. The van der Waals surface area contributed by atoms with Crippen LogP contribution in [0.25, 0.3) is 0 Å². The highest BCUT2D eigenvalue weighted by molar-refractivity contribution is 5.84. The molecule has 0 aliphatic carbocycles. The number of rotatable bonds is 5. The maximum Gasteiger partial charge on any atom is 0.0655 e. The van der Waals surface area contributed by atoms with E-state index in [1.165, 1.54) is 16.7 Å². The Labute approximate surface area is 117 Å². The standard InChI is InChI=1S/C17H24N2/c1-13(2)10-16(12-18-5)8-9-19-17-7-6-14(3)11-15(17)4/h6-7,9-13H,8H2,1-5H3/b16-10-,18-12-,19-9-. The van der Waals surface area contributed by atoms with Gasteiger partial charge in [0.1, 0.15) is 0 Å². The van der Waals surface area contributed by atoms with Crippen molar-refractivity contribution < 1.29 is 0 Å². The molecule has 0 atom stereocenters. The van der Waals surface area contributed by atoms with E-state index in [0.717, 1.165) is 12.1 Å². The first-order valence-electron chi connectivity index (χ1n) is 6.75. The highest BCUT2D eigenvalue weighted by Gasteiger charge is 1.97. The van der Waals surface area contributed by atoms with Crippen molar-refractivity contribution in [3.63, 3.8) is 0 Å². The number of aryl methyl sites for hydroxylation is 2. The van der Waals surface area contributed by atoms with Crippen molar-refractivity contribution in [2.45, 2.75) is 34.1 Å². The van der Waals surface area contributed by atoms with Crippen LogP contribution >= 0.6 is 0 Å². The van der Waals surface area contributed by atoms with E-state index in [1.54, 1.807) is 7.05 Å². The van der Waals surface area contributed by atoms with Crippen LogP contribution in [0, 0.1) is 19.8 Å². The summed E-state index contributed by atoms with van der Waals surface area (Å²) in [4.78, 5) is 8.64. The Balaban J connectivity index is 2.76. The average Bonchev–Trinajstić information content (AvgIpc) is 2.31. The molecule has 1 aromatic carbocycles. The van der Waals surface area contributed by atoms with Gasteiger partial charge in [0.25, 0.3) is 0 Å². The molecule has 0 heterocycles. The van der Waals surface area contributed by atoms with Crippen molar-refractivity contribution >= 4 is 18.1 Å². The van der Waals surface area contributed by atoms with Crippen LogP contribution in [0.2, 0.25) is 0 Å². The molecular weight excluding hydrogens is 232 g/mol. The van der Waals surface area contributed by atoms with Crippen LogP contribution in [-0.4, -0.2) is 19.5 Å². The third-order valence-electron chi connectivity index (χ3n) is 2.75. The molecule has 0 radical (unpaired) electrons. The van der Waals surface area contributed by atoms with E-state index in [1.807, 2.05) is 12.4 Å². The van der Waals surface area contributed by atoms with Gasteiger partial charge in [0, 0.05) is 25.9 Å². The van der Waals surface area contributed by atoms with Gasteiger partial charge < -0.3 is 0 Å². The Hall–Kier alpha value is -1.70. The van der Waals surface area contributed by atoms with Gasteiger partial charge >= 0.3 is 0 Å². The first-order chi connectivity index (χ1) is 9.02. The summed E-state index contributed by atoms with van der Waals surface area (Å²) in [5.74, 6) is 0.530. The molecule has 0 aromatic heterocycles. The summed E-state index contributed by atoms with van der Waals surface area (Å²) in [6.45, 7) is 8.54. The van der Waals surface area contributed by atoms with E-state index in [-0.39, 0.29) is 0 Å². The van der Waals surface area contributed by atoms with Gasteiger partial charge in [-0.1, -0.05) is 37.6 Å². The molecule has 0 fully saturated rings. The molecule has 1 rings (SSSR count). The summed E-state index contributed by atoms with van der Waals surface area (Å²) >= 11 is 0. The molecule has 0 spiro atoms. The Morgan fingerprint density at radius 3 is 2.58 bits per heavy atom. The number of aliphatic imine (C=N–C) groups is 2. The van der Waals surface area contributed by atoms with Crippen molar-refractivity contribution in [1.82, 2.24) is 0 Å². The maximum absolute atomic E-state index is 4.55.